The number of aromatic nitrogens is 2. The number of hydrogen-bond acceptors (Lipinski definition) is 2. The number of nitrogens with zero attached hydrogens (tertiary/aromatic N) is 1. The molecule has 0 saturated carbocycles. The zero-order chi connectivity index (χ0) is 14.0. The molecular formula is C13H13ClFN3O. The quantitative estimate of drug-likeness (QED) is 0.909. The number of carbonyl (C=O) groups excluding carboxylic acids is 1. The van der Waals surface area contributed by atoms with E-state index < -0.39 is 11.7 Å². The first-order valence-corrected chi connectivity index (χ1v) is 6.10. The van der Waals surface area contributed by atoms with Crippen molar-refractivity contribution in [3.63, 3.8) is 0 Å². The second-order valence-electron chi connectivity index (χ2n) is 4.22. The highest BCUT2D eigenvalue weighted by Crippen LogP contribution is 2.15. The molecule has 6 heteroatoms. The molecular weight excluding hydrogens is 269 g/mol. The Hall–Kier alpha value is -1.88. The lowest BCUT2D eigenvalue weighted by molar-refractivity contribution is 0.0947. The van der Waals surface area contributed by atoms with E-state index in [1.54, 1.807) is 0 Å². The lowest BCUT2D eigenvalue weighted by Crippen LogP contribution is -2.24. The number of hydrogen-bond donors (Lipinski definition) is 2. The van der Waals surface area contributed by atoms with Gasteiger partial charge in [0.05, 0.1) is 11.3 Å². The molecule has 0 aliphatic carbocycles. The van der Waals surface area contributed by atoms with Gasteiger partial charge in [-0.05, 0) is 32.0 Å². The molecule has 2 rings (SSSR count). The van der Waals surface area contributed by atoms with Crippen LogP contribution in [0.4, 0.5) is 4.39 Å². The number of halogens is 2. The van der Waals surface area contributed by atoms with Gasteiger partial charge in [0.25, 0.3) is 5.91 Å². The van der Waals surface area contributed by atoms with Crippen molar-refractivity contribution in [3.8, 4) is 0 Å². The van der Waals surface area contributed by atoms with Gasteiger partial charge in [-0.25, -0.2) is 4.39 Å². The van der Waals surface area contributed by atoms with Crippen LogP contribution in [0.1, 0.15) is 27.3 Å². The molecule has 0 aliphatic rings. The molecule has 0 unspecified atom stereocenters. The number of carbonyl (C=O) groups is 1. The first-order chi connectivity index (χ1) is 8.99. The molecule has 1 aromatic carbocycles. The van der Waals surface area contributed by atoms with Gasteiger partial charge in [0.1, 0.15) is 5.82 Å². The van der Waals surface area contributed by atoms with Crippen molar-refractivity contribution in [1.82, 2.24) is 15.5 Å². The van der Waals surface area contributed by atoms with Gasteiger partial charge in [-0.3, -0.25) is 9.89 Å². The van der Waals surface area contributed by atoms with E-state index in [1.165, 1.54) is 12.1 Å². The van der Waals surface area contributed by atoms with Crippen molar-refractivity contribution < 1.29 is 9.18 Å². The summed E-state index contributed by atoms with van der Waals surface area (Å²) < 4.78 is 13.6. The van der Waals surface area contributed by atoms with E-state index in [4.69, 9.17) is 11.6 Å². The molecule has 0 spiro atoms. The fourth-order valence-corrected chi connectivity index (χ4v) is 1.93. The molecule has 0 radical (unpaired) electrons. The van der Waals surface area contributed by atoms with E-state index >= 15 is 0 Å². The van der Waals surface area contributed by atoms with Crippen molar-refractivity contribution >= 4 is 17.5 Å². The Morgan fingerprint density at radius 1 is 1.47 bits per heavy atom. The van der Waals surface area contributed by atoms with E-state index in [1.807, 2.05) is 13.8 Å². The highest BCUT2D eigenvalue weighted by Gasteiger charge is 2.13. The fraction of sp³-hybridized carbons (Fsp3) is 0.231. The monoisotopic (exact) mass is 281 g/mol. The van der Waals surface area contributed by atoms with Crippen molar-refractivity contribution in [3.05, 3.63) is 51.6 Å². The number of nitrogens with one attached hydrogen (secondary N) is 2. The summed E-state index contributed by atoms with van der Waals surface area (Å²) >= 11 is 5.64. The van der Waals surface area contributed by atoms with Gasteiger partial charge >= 0.3 is 0 Å². The van der Waals surface area contributed by atoms with Crippen LogP contribution < -0.4 is 5.32 Å². The molecule has 0 fully saturated rings. The maximum absolute atomic E-state index is 13.6. The van der Waals surface area contributed by atoms with Crippen molar-refractivity contribution in [2.45, 2.75) is 20.4 Å². The molecule has 2 aromatic rings. The maximum Gasteiger partial charge on any atom is 0.254 e. The number of aryl methyl sites for hydroxylation is 2. The summed E-state index contributed by atoms with van der Waals surface area (Å²) in [5.74, 6) is -1.11. The number of benzene rings is 1. The zero-order valence-corrected chi connectivity index (χ0v) is 11.3. The van der Waals surface area contributed by atoms with Gasteiger partial charge in [0.15, 0.2) is 0 Å². The van der Waals surface area contributed by atoms with Crippen LogP contribution in [0.3, 0.4) is 0 Å². The average Bonchev–Trinajstić information content (AvgIpc) is 2.66. The minimum atomic E-state index is -0.634. The minimum Gasteiger partial charge on any atom is -0.348 e. The molecule has 0 atom stereocenters. The Balaban J connectivity index is 2.10. The molecule has 100 valence electrons. The van der Waals surface area contributed by atoms with Crippen molar-refractivity contribution in [2.24, 2.45) is 0 Å². The summed E-state index contributed by atoms with van der Waals surface area (Å²) in [7, 11) is 0. The van der Waals surface area contributed by atoms with Crippen LogP contribution in [0.2, 0.25) is 5.02 Å². The van der Waals surface area contributed by atoms with Gasteiger partial charge in [0.2, 0.25) is 0 Å². The Kier molecular flexibility index (Phi) is 3.85. The Morgan fingerprint density at radius 2 is 2.21 bits per heavy atom. The summed E-state index contributed by atoms with van der Waals surface area (Å²) in [6, 6.07) is 3.96. The van der Waals surface area contributed by atoms with E-state index in [9.17, 15) is 9.18 Å². The van der Waals surface area contributed by atoms with Crippen LogP contribution in [0, 0.1) is 19.7 Å². The van der Waals surface area contributed by atoms with Crippen LogP contribution in [0.25, 0.3) is 0 Å². The van der Waals surface area contributed by atoms with E-state index in [0.29, 0.717) is 6.54 Å². The Bertz CT molecular complexity index is 605. The topological polar surface area (TPSA) is 57.8 Å². The minimum absolute atomic E-state index is 0.0248. The number of amides is 1. The second-order valence-corrected chi connectivity index (χ2v) is 4.66. The van der Waals surface area contributed by atoms with Gasteiger partial charge < -0.3 is 5.32 Å². The van der Waals surface area contributed by atoms with Crippen LogP contribution >= 0.6 is 11.6 Å². The number of aromatic amines is 1. The van der Waals surface area contributed by atoms with Crippen molar-refractivity contribution in [1.29, 1.82) is 0 Å². The first kappa shape index (κ1) is 13.5. The third-order valence-corrected chi connectivity index (χ3v) is 3.12. The lowest BCUT2D eigenvalue weighted by atomic mass is 10.1. The number of H-pyrrole nitrogens is 1. The van der Waals surface area contributed by atoms with E-state index in [0.717, 1.165) is 23.0 Å². The SMILES string of the molecule is Cc1n[nH]c(C)c1CNC(=O)c1ccc(Cl)cc1F. The third-order valence-electron chi connectivity index (χ3n) is 2.88. The van der Waals surface area contributed by atoms with Crippen LogP contribution in [0.15, 0.2) is 18.2 Å². The molecule has 1 heterocycles. The van der Waals surface area contributed by atoms with Gasteiger partial charge in [0, 0.05) is 22.8 Å². The van der Waals surface area contributed by atoms with Crippen LogP contribution in [0.5, 0.6) is 0 Å². The molecule has 0 aliphatic heterocycles. The summed E-state index contributed by atoms with van der Waals surface area (Å²) in [4.78, 5) is 11.9. The molecule has 2 N–H and O–H groups in total. The van der Waals surface area contributed by atoms with E-state index in [-0.39, 0.29) is 10.6 Å². The normalized spacial score (nSPS) is 10.5. The molecule has 0 saturated heterocycles. The summed E-state index contributed by atoms with van der Waals surface area (Å²) in [6.45, 7) is 4.01. The summed E-state index contributed by atoms with van der Waals surface area (Å²) in [5, 5.41) is 9.78. The average molecular weight is 282 g/mol. The van der Waals surface area contributed by atoms with Crippen LogP contribution in [-0.4, -0.2) is 16.1 Å². The molecule has 1 amide bonds. The third kappa shape index (κ3) is 2.93. The maximum atomic E-state index is 13.6. The standard InChI is InChI=1S/C13H13ClFN3O/c1-7-11(8(2)18-17-7)6-16-13(19)10-4-3-9(14)5-12(10)15/h3-5H,6H2,1-2H3,(H,16,19)(H,17,18). The van der Waals surface area contributed by atoms with Gasteiger partial charge in [-0.1, -0.05) is 11.6 Å². The predicted octanol–water partition coefficient (Wildman–Crippen LogP) is 2.75. The molecule has 4 nitrogen and oxygen atoms in total. The largest absolute Gasteiger partial charge is 0.348 e. The molecule has 1 aromatic heterocycles. The summed E-state index contributed by atoms with van der Waals surface area (Å²) in [5.41, 5.74) is 2.58. The predicted molar refractivity (Wildman–Crippen MR) is 70.6 cm³/mol. The highest BCUT2D eigenvalue weighted by molar-refractivity contribution is 6.30. The van der Waals surface area contributed by atoms with E-state index in [2.05, 4.69) is 15.5 Å². The fourth-order valence-electron chi connectivity index (χ4n) is 1.77. The second kappa shape index (κ2) is 5.40. The summed E-state index contributed by atoms with van der Waals surface area (Å²) in [6.07, 6.45) is 0. The Labute approximate surface area is 115 Å². The molecule has 19 heavy (non-hydrogen) atoms. The zero-order valence-electron chi connectivity index (χ0n) is 10.6. The molecule has 0 bridgehead atoms. The van der Waals surface area contributed by atoms with Gasteiger partial charge in [-0.2, -0.15) is 5.10 Å². The van der Waals surface area contributed by atoms with Crippen molar-refractivity contribution in [2.75, 3.05) is 0 Å². The number of rotatable bonds is 3. The first-order valence-electron chi connectivity index (χ1n) is 5.72. The highest BCUT2D eigenvalue weighted by atomic mass is 35.5. The lowest BCUT2D eigenvalue weighted by Gasteiger charge is -2.06. The van der Waals surface area contributed by atoms with Gasteiger partial charge in [-0.15, -0.1) is 0 Å². The Morgan fingerprint density at radius 3 is 2.79 bits per heavy atom. The van der Waals surface area contributed by atoms with Crippen LogP contribution in [-0.2, 0) is 6.54 Å². The smallest absolute Gasteiger partial charge is 0.254 e.